The summed E-state index contributed by atoms with van der Waals surface area (Å²) in [6.07, 6.45) is 0. The molecule has 4 heteroatoms. The van der Waals surface area contributed by atoms with E-state index in [0.717, 1.165) is 38.2 Å². The summed E-state index contributed by atoms with van der Waals surface area (Å²) in [6.45, 7) is 0. The second kappa shape index (κ2) is 11.2. The van der Waals surface area contributed by atoms with Crippen LogP contribution in [0.2, 0.25) is 0 Å². The van der Waals surface area contributed by atoms with Crippen LogP contribution in [0.15, 0.2) is 164 Å². The summed E-state index contributed by atoms with van der Waals surface area (Å²) in [7, 11) is 0. The maximum Gasteiger partial charge on any atom is 0.164 e. The molecule has 0 saturated carbocycles. The normalized spacial score (nSPS) is 11.7. The van der Waals surface area contributed by atoms with Crippen LogP contribution < -0.4 is 0 Å². The van der Waals surface area contributed by atoms with Crippen LogP contribution in [0.25, 0.3) is 97.8 Å². The monoisotopic (exact) mass is 641 g/mol. The van der Waals surface area contributed by atoms with Crippen LogP contribution >= 0.6 is 11.3 Å². The summed E-state index contributed by atoms with van der Waals surface area (Å²) in [5, 5.41) is 9.74. The van der Waals surface area contributed by atoms with Gasteiger partial charge in [0.15, 0.2) is 17.5 Å². The van der Waals surface area contributed by atoms with Gasteiger partial charge in [-0.25, -0.2) is 15.0 Å². The number of rotatable bonds is 4. The molecule has 0 atom stereocenters. The number of aromatic nitrogens is 3. The highest BCUT2D eigenvalue weighted by Gasteiger charge is 2.17. The molecule has 0 fully saturated rings. The van der Waals surface area contributed by atoms with Gasteiger partial charge in [-0.15, -0.1) is 11.3 Å². The Labute approximate surface area is 286 Å². The number of hydrogen-bond donors (Lipinski definition) is 0. The van der Waals surface area contributed by atoms with Gasteiger partial charge >= 0.3 is 0 Å². The van der Waals surface area contributed by atoms with E-state index >= 15 is 0 Å². The SMILES string of the molecule is c1ccc(-c2nc(-c3cccc4ccccc34)nc(-c3cccc4c(-c5ccc6sc7ccc8ccccc8c7c6c5)cccc34)n2)cc1. The molecule has 10 rings (SSSR count). The maximum absolute atomic E-state index is 5.18. The van der Waals surface area contributed by atoms with Gasteiger partial charge in [-0.3, -0.25) is 0 Å². The Kier molecular flexibility index (Phi) is 6.36. The van der Waals surface area contributed by atoms with E-state index in [4.69, 9.17) is 15.0 Å². The van der Waals surface area contributed by atoms with Crippen molar-refractivity contribution < 1.29 is 0 Å². The van der Waals surface area contributed by atoms with Gasteiger partial charge < -0.3 is 0 Å². The molecule has 2 heterocycles. The van der Waals surface area contributed by atoms with Gasteiger partial charge in [-0.2, -0.15) is 0 Å². The molecule has 0 unspecified atom stereocenters. The van der Waals surface area contributed by atoms with Crippen molar-refractivity contribution in [2.45, 2.75) is 0 Å². The predicted molar refractivity (Wildman–Crippen MR) is 207 cm³/mol. The fraction of sp³-hybridized carbons (Fsp3) is 0. The first-order valence-corrected chi connectivity index (χ1v) is 17.3. The third-order valence-electron chi connectivity index (χ3n) is 9.53. The summed E-state index contributed by atoms with van der Waals surface area (Å²) in [6, 6.07) is 58.0. The molecule has 0 N–H and O–H groups in total. The lowest BCUT2D eigenvalue weighted by molar-refractivity contribution is 1.08. The molecule has 0 spiro atoms. The molecular formula is C45H27N3S. The Balaban J connectivity index is 1.18. The third kappa shape index (κ3) is 4.61. The Morgan fingerprint density at radius 3 is 1.67 bits per heavy atom. The highest BCUT2D eigenvalue weighted by atomic mass is 32.1. The van der Waals surface area contributed by atoms with Gasteiger partial charge in [0.2, 0.25) is 0 Å². The minimum Gasteiger partial charge on any atom is -0.208 e. The van der Waals surface area contributed by atoms with E-state index in [-0.39, 0.29) is 0 Å². The van der Waals surface area contributed by atoms with Crippen LogP contribution in [0.1, 0.15) is 0 Å². The summed E-state index contributed by atoms with van der Waals surface area (Å²) < 4.78 is 2.62. The van der Waals surface area contributed by atoms with Gasteiger partial charge in [0.25, 0.3) is 0 Å². The van der Waals surface area contributed by atoms with Crippen molar-refractivity contribution in [3.05, 3.63) is 164 Å². The topological polar surface area (TPSA) is 38.7 Å². The molecule has 2 aromatic heterocycles. The van der Waals surface area contributed by atoms with Gasteiger partial charge in [0.1, 0.15) is 0 Å². The zero-order chi connectivity index (χ0) is 32.3. The van der Waals surface area contributed by atoms with Crippen molar-refractivity contribution in [2.75, 3.05) is 0 Å². The van der Waals surface area contributed by atoms with Crippen molar-refractivity contribution in [1.29, 1.82) is 0 Å². The number of hydrogen-bond acceptors (Lipinski definition) is 4. The molecule has 0 aliphatic carbocycles. The number of thiophene rings is 1. The number of benzene rings is 8. The second-order valence-corrected chi connectivity index (χ2v) is 13.5. The first-order valence-electron chi connectivity index (χ1n) is 16.4. The average Bonchev–Trinajstić information content (AvgIpc) is 3.56. The van der Waals surface area contributed by atoms with Crippen LogP contribution in [0.5, 0.6) is 0 Å². The van der Waals surface area contributed by atoms with E-state index in [1.807, 2.05) is 29.5 Å². The van der Waals surface area contributed by atoms with E-state index in [0.29, 0.717) is 17.5 Å². The van der Waals surface area contributed by atoms with E-state index in [1.165, 1.54) is 42.1 Å². The molecule has 0 radical (unpaired) electrons. The zero-order valence-electron chi connectivity index (χ0n) is 26.3. The summed E-state index contributed by atoms with van der Waals surface area (Å²) in [5.41, 5.74) is 5.31. The molecule has 0 aliphatic heterocycles. The van der Waals surface area contributed by atoms with Gasteiger partial charge in [0.05, 0.1) is 0 Å². The largest absolute Gasteiger partial charge is 0.208 e. The Bertz CT molecular complexity index is 2890. The first kappa shape index (κ1) is 27.8. The first-order chi connectivity index (χ1) is 24.3. The van der Waals surface area contributed by atoms with Crippen molar-refractivity contribution in [3.8, 4) is 45.3 Å². The lowest BCUT2D eigenvalue weighted by atomic mass is 9.94. The van der Waals surface area contributed by atoms with E-state index < -0.39 is 0 Å². The number of fused-ring (bicyclic) bond motifs is 7. The standard InChI is InChI=1S/C45H27N3S/c1-2-13-30(14-3-1)43-46-44(37-21-8-15-28-11-4-6-16-32(28)37)48-45(47-43)38-22-10-19-35-33(18-9-20-36(35)38)31-24-25-40-39(27-31)42-34-17-7-5-12-29(34)23-26-41(42)49-40/h1-27H. The quantitative estimate of drug-likeness (QED) is 0.192. The minimum atomic E-state index is 0.656. The van der Waals surface area contributed by atoms with E-state index in [9.17, 15) is 0 Å². The van der Waals surface area contributed by atoms with Crippen LogP contribution in [0.3, 0.4) is 0 Å². The van der Waals surface area contributed by atoms with E-state index in [2.05, 4.69) is 146 Å². The molecule has 0 amide bonds. The lowest BCUT2D eigenvalue weighted by Gasteiger charge is -2.13. The van der Waals surface area contributed by atoms with Gasteiger partial charge in [-0.1, -0.05) is 146 Å². The van der Waals surface area contributed by atoms with Crippen molar-refractivity contribution in [3.63, 3.8) is 0 Å². The highest BCUT2D eigenvalue weighted by molar-refractivity contribution is 7.26. The molecule has 10 aromatic rings. The second-order valence-electron chi connectivity index (χ2n) is 12.4. The van der Waals surface area contributed by atoms with E-state index in [1.54, 1.807) is 0 Å². The third-order valence-corrected chi connectivity index (χ3v) is 10.7. The van der Waals surface area contributed by atoms with Crippen LogP contribution in [-0.4, -0.2) is 15.0 Å². The summed E-state index contributed by atoms with van der Waals surface area (Å²) in [5.74, 6) is 1.98. The molecule has 228 valence electrons. The molecule has 8 aromatic carbocycles. The Hall–Kier alpha value is -6.23. The Morgan fingerprint density at radius 1 is 0.327 bits per heavy atom. The molecular weight excluding hydrogens is 615 g/mol. The number of nitrogens with zero attached hydrogens (tertiary/aromatic N) is 3. The molecule has 0 bridgehead atoms. The van der Waals surface area contributed by atoms with Gasteiger partial charge in [0, 0.05) is 36.9 Å². The highest BCUT2D eigenvalue weighted by Crippen LogP contribution is 2.42. The smallest absolute Gasteiger partial charge is 0.164 e. The average molecular weight is 642 g/mol. The fourth-order valence-corrected chi connectivity index (χ4v) is 8.33. The predicted octanol–water partition coefficient (Wildman–Crippen LogP) is 12.4. The molecule has 49 heavy (non-hydrogen) atoms. The van der Waals surface area contributed by atoms with Crippen LogP contribution in [-0.2, 0) is 0 Å². The zero-order valence-corrected chi connectivity index (χ0v) is 27.2. The van der Waals surface area contributed by atoms with Crippen LogP contribution in [0.4, 0.5) is 0 Å². The maximum atomic E-state index is 5.18. The lowest BCUT2D eigenvalue weighted by Crippen LogP contribution is -2.01. The van der Waals surface area contributed by atoms with Gasteiger partial charge in [-0.05, 0) is 61.6 Å². The summed E-state index contributed by atoms with van der Waals surface area (Å²) in [4.78, 5) is 15.3. The van der Waals surface area contributed by atoms with Crippen molar-refractivity contribution >= 4 is 63.8 Å². The van der Waals surface area contributed by atoms with Crippen LogP contribution in [0, 0.1) is 0 Å². The minimum absolute atomic E-state index is 0.656. The molecule has 0 saturated heterocycles. The Morgan fingerprint density at radius 2 is 0.878 bits per heavy atom. The summed E-state index contributed by atoms with van der Waals surface area (Å²) >= 11 is 1.86. The van der Waals surface area contributed by atoms with Crippen molar-refractivity contribution in [1.82, 2.24) is 15.0 Å². The molecule has 0 aliphatic rings. The van der Waals surface area contributed by atoms with Crippen molar-refractivity contribution in [2.24, 2.45) is 0 Å². The molecule has 3 nitrogen and oxygen atoms in total. The fourth-order valence-electron chi connectivity index (χ4n) is 7.23.